The fraction of sp³-hybridized carbons (Fsp3) is 0.333. The maximum absolute atomic E-state index is 13.0. The molecule has 0 bridgehead atoms. The third-order valence-electron chi connectivity index (χ3n) is 4.25. The van der Waals surface area contributed by atoms with E-state index in [4.69, 9.17) is 9.26 Å². The largest absolute Gasteiger partial charge is 0.490 e. The maximum atomic E-state index is 13.0. The quantitative estimate of drug-likeness (QED) is 0.625. The molecule has 0 spiro atoms. The summed E-state index contributed by atoms with van der Waals surface area (Å²) < 4.78 is 38.3. The molecule has 2 aromatic heterocycles. The van der Waals surface area contributed by atoms with Crippen LogP contribution in [0.5, 0.6) is 5.75 Å². The second-order valence-electron chi connectivity index (χ2n) is 6.60. The SMILES string of the molecule is CC(C)Oc1ccccc1S(=O)(=O)N1CC(c2nc(-c3ccsc3)no2)C1. The van der Waals surface area contributed by atoms with Gasteiger partial charge < -0.3 is 9.26 Å². The number of thiophene rings is 1. The van der Waals surface area contributed by atoms with Crippen LogP contribution in [0.3, 0.4) is 0 Å². The molecule has 3 heterocycles. The number of rotatable bonds is 6. The topological polar surface area (TPSA) is 85.5 Å². The van der Waals surface area contributed by atoms with Gasteiger partial charge in [-0.25, -0.2) is 8.42 Å². The van der Waals surface area contributed by atoms with Gasteiger partial charge in [-0.2, -0.15) is 20.6 Å². The van der Waals surface area contributed by atoms with Crippen LogP contribution in [0.1, 0.15) is 25.7 Å². The summed E-state index contributed by atoms with van der Waals surface area (Å²) in [6.45, 7) is 4.35. The van der Waals surface area contributed by atoms with E-state index in [0.29, 0.717) is 30.6 Å². The predicted molar refractivity (Wildman–Crippen MR) is 101 cm³/mol. The molecule has 0 N–H and O–H groups in total. The molecule has 4 rings (SSSR count). The number of hydrogen-bond acceptors (Lipinski definition) is 7. The molecule has 3 aromatic rings. The van der Waals surface area contributed by atoms with Crippen molar-refractivity contribution in [2.24, 2.45) is 0 Å². The van der Waals surface area contributed by atoms with Crippen molar-refractivity contribution in [1.82, 2.24) is 14.4 Å². The van der Waals surface area contributed by atoms with Crippen LogP contribution in [-0.2, 0) is 10.0 Å². The van der Waals surface area contributed by atoms with Crippen LogP contribution in [-0.4, -0.2) is 42.1 Å². The number of sulfonamides is 1. The van der Waals surface area contributed by atoms with E-state index in [1.807, 2.05) is 30.7 Å². The summed E-state index contributed by atoms with van der Waals surface area (Å²) in [7, 11) is -3.64. The highest BCUT2D eigenvalue weighted by Gasteiger charge is 2.41. The summed E-state index contributed by atoms with van der Waals surface area (Å²) in [5, 5.41) is 7.87. The molecule has 1 aliphatic heterocycles. The van der Waals surface area contributed by atoms with Crippen LogP contribution in [0.2, 0.25) is 0 Å². The van der Waals surface area contributed by atoms with E-state index < -0.39 is 10.0 Å². The van der Waals surface area contributed by atoms with Crippen molar-refractivity contribution in [3.8, 4) is 17.1 Å². The van der Waals surface area contributed by atoms with Gasteiger partial charge in [-0.15, -0.1) is 0 Å². The predicted octanol–water partition coefficient (Wildman–Crippen LogP) is 3.37. The van der Waals surface area contributed by atoms with Gasteiger partial charge in [0.2, 0.25) is 21.7 Å². The summed E-state index contributed by atoms with van der Waals surface area (Å²) in [5.74, 6) is 1.27. The molecule has 0 aliphatic carbocycles. The van der Waals surface area contributed by atoms with Crippen molar-refractivity contribution in [1.29, 1.82) is 0 Å². The van der Waals surface area contributed by atoms with Gasteiger partial charge in [-0.05, 0) is 37.4 Å². The molecule has 1 aliphatic rings. The van der Waals surface area contributed by atoms with Gasteiger partial charge in [0.25, 0.3) is 0 Å². The first-order chi connectivity index (χ1) is 12.9. The highest BCUT2D eigenvalue weighted by Crippen LogP contribution is 2.35. The second kappa shape index (κ2) is 7.06. The van der Waals surface area contributed by atoms with Crippen molar-refractivity contribution in [3.63, 3.8) is 0 Å². The number of ether oxygens (including phenoxy) is 1. The molecular formula is C18H19N3O4S2. The fourth-order valence-corrected chi connectivity index (χ4v) is 5.14. The Balaban J connectivity index is 1.49. The number of nitrogens with zero attached hydrogens (tertiary/aromatic N) is 3. The Morgan fingerprint density at radius 2 is 2.04 bits per heavy atom. The van der Waals surface area contributed by atoms with Crippen LogP contribution in [0.25, 0.3) is 11.4 Å². The Hall–Kier alpha value is -2.23. The lowest BCUT2D eigenvalue weighted by Crippen LogP contribution is -2.48. The van der Waals surface area contributed by atoms with Crippen molar-refractivity contribution >= 4 is 21.4 Å². The van der Waals surface area contributed by atoms with Gasteiger partial charge >= 0.3 is 0 Å². The normalized spacial score (nSPS) is 15.8. The first kappa shape index (κ1) is 18.1. The minimum absolute atomic E-state index is 0.0992. The lowest BCUT2D eigenvalue weighted by atomic mass is 10.0. The molecule has 0 unspecified atom stereocenters. The van der Waals surface area contributed by atoms with Gasteiger partial charge in [-0.3, -0.25) is 0 Å². The van der Waals surface area contributed by atoms with E-state index in [1.54, 1.807) is 35.6 Å². The lowest BCUT2D eigenvalue weighted by molar-refractivity contribution is 0.213. The van der Waals surface area contributed by atoms with Gasteiger partial charge in [0.15, 0.2) is 0 Å². The summed E-state index contributed by atoms with van der Waals surface area (Å²) in [4.78, 5) is 4.59. The van der Waals surface area contributed by atoms with Crippen molar-refractivity contribution in [2.75, 3.05) is 13.1 Å². The second-order valence-corrected chi connectivity index (χ2v) is 9.29. The third kappa shape index (κ3) is 3.50. The number of para-hydroxylation sites is 1. The lowest BCUT2D eigenvalue weighted by Gasteiger charge is -2.36. The van der Waals surface area contributed by atoms with E-state index in [-0.39, 0.29) is 16.9 Å². The van der Waals surface area contributed by atoms with E-state index in [0.717, 1.165) is 5.56 Å². The molecule has 0 radical (unpaired) electrons. The standard InChI is InChI=1S/C18H19N3O4S2/c1-12(2)24-15-5-3-4-6-16(15)27(22,23)21-9-14(10-21)18-19-17(20-25-18)13-7-8-26-11-13/h3-8,11-12,14H,9-10H2,1-2H3. The van der Waals surface area contributed by atoms with E-state index in [2.05, 4.69) is 10.1 Å². The average molecular weight is 406 g/mol. The number of aromatic nitrogens is 2. The highest BCUT2D eigenvalue weighted by atomic mass is 32.2. The van der Waals surface area contributed by atoms with Crippen LogP contribution >= 0.6 is 11.3 Å². The summed E-state index contributed by atoms with van der Waals surface area (Å²) in [6.07, 6.45) is -0.112. The average Bonchev–Trinajstić information content (AvgIpc) is 3.24. The molecular weight excluding hydrogens is 386 g/mol. The molecule has 1 saturated heterocycles. The molecule has 0 saturated carbocycles. The Morgan fingerprint density at radius 1 is 1.26 bits per heavy atom. The first-order valence-electron chi connectivity index (χ1n) is 8.57. The molecule has 142 valence electrons. The maximum Gasteiger partial charge on any atom is 0.246 e. The van der Waals surface area contributed by atoms with Gasteiger partial charge in [0.05, 0.1) is 12.0 Å². The Labute approximate surface area is 161 Å². The number of hydrogen-bond donors (Lipinski definition) is 0. The van der Waals surface area contributed by atoms with Crippen LogP contribution in [0, 0.1) is 0 Å². The van der Waals surface area contributed by atoms with Gasteiger partial charge in [0.1, 0.15) is 10.6 Å². The zero-order valence-corrected chi connectivity index (χ0v) is 16.5. The van der Waals surface area contributed by atoms with Gasteiger partial charge in [0, 0.05) is 24.0 Å². The summed E-state index contributed by atoms with van der Waals surface area (Å²) in [6, 6.07) is 8.63. The van der Waals surface area contributed by atoms with Crippen molar-refractivity contribution in [3.05, 3.63) is 47.0 Å². The molecule has 0 amide bonds. The highest BCUT2D eigenvalue weighted by molar-refractivity contribution is 7.89. The zero-order chi connectivity index (χ0) is 19.0. The van der Waals surface area contributed by atoms with E-state index in [9.17, 15) is 8.42 Å². The Bertz CT molecular complexity index is 1020. The van der Waals surface area contributed by atoms with Crippen LogP contribution < -0.4 is 4.74 Å². The van der Waals surface area contributed by atoms with Gasteiger partial charge in [-0.1, -0.05) is 17.3 Å². The smallest absolute Gasteiger partial charge is 0.246 e. The minimum atomic E-state index is -3.64. The van der Waals surface area contributed by atoms with Crippen LogP contribution in [0.4, 0.5) is 0 Å². The molecule has 9 heteroatoms. The monoisotopic (exact) mass is 405 g/mol. The summed E-state index contributed by atoms with van der Waals surface area (Å²) in [5.41, 5.74) is 0.901. The molecule has 27 heavy (non-hydrogen) atoms. The van der Waals surface area contributed by atoms with E-state index in [1.165, 1.54) is 4.31 Å². The van der Waals surface area contributed by atoms with Crippen LogP contribution in [0.15, 0.2) is 50.5 Å². The summed E-state index contributed by atoms with van der Waals surface area (Å²) >= 11 is 1.56. The Kier molecular flexibility index (Phi) is 4.75. The molecule has 7 nitrogen and oxygen atoms in total. The van der Waals surface area contributed by atoms with Crippen molar-refractivity contribution < 1.29 is 17.7 Å². The fourth-order valence-electron chi connectivity index (χ4n) is 2.85. The molecule has 1 aromatic carbocycles. The van der Waals surface area contributed by atoms with Crippen molar-refractivity contribution in [2.45, 2.75) is 30.8 Å². The molecule has 0 atom stereocenters. The molecule has 1 fully saturated rings. The van der Waals surface area contributed by atoms with E-state index >= 15 is 0 Å². The number of benzene rings is 1. The zero-order valence-electron chi connectivity index (χ0n) is 14.9. The first-order valence-corrected chi connectivity index (χ1v) is 11.0. The minimum Gasteiger partial charge on any atom is -0.490 e. The third-order valence-corrected chi connectivity index (χ3v) is 6.80. The Morgan fingerprint density at radius 3 is 2.74 bits per heavy atom.